The van der Waals surface area contributed by atoms with Crippen molar-refractivity contribution in [2.75, 3.05) is 0 Å². The van der Waals surface area contributed by atoms with Gasteiger partial charge >= 0.3 is 5.97 Å². The fourth-order valence-corrected chi connectivity index (χ4v) is 1.41. The molecule has 0 saturated heterocycles. The number of allylic oxidation sites excluding steroid dienone is 1. The van der Waals surface area contributed by atoms with Crippen LogP contribution in [-0.4, -0.2) is 26.3 Å². The number of nitrogens with zero attached hydrogens (tertiary/aromatic N) is 2. The third kappa shape index (κ3) is 1.71. The highest BCUT2D eigenvalue weighted by Crippen LogP contribution is 2.20. The number of H-pyrrole nitrogens is 1. The summed E-state index contributed by atoms with van der Waals surface area (Å²) in [5, 5.41) is 16.2. The second-order valence-corrected chi connectivity index (χ2v) is 3.14. The summed E-state index contributed by atoms with van der Waals surface area (Å²) >= 11 is 0. The summed E-state index contributed by atoms with van der Waals surface area (Å²) in [6.45, 7) is 1.72. The molecular formula is C10H9N3O2. The zero-order valence-electron chi connectivity index (χ0n) is 8.06. The van der Waals surface area contributed by atoms with E-state index >= 15 is 0 Å². The van der Waals surface area contributed by atoms with Gasteiger partial charge in [0, 0.05) is 17.7 Å². The van der Waals surface area contributed by atoms with Gasteiger partial charge in [0.2, 0.25) is 0 Å². The standard InChI is InChI=1S/C10H9N3O2/c1-6(5-8(14)15)9-7-3-2-4-11-10(7)13-12-9/h2-5H,1H3,(H,14,15)(H,11,12,13). The Morgan fingerprint density at radius 2 is 2.40 bits per heavy atom. The Labute approximate surface area is 85.5 Å². The zero-order chi connectivity index (χ0) is 10.8. The van der Waals surface area contributed by atoms with Crippen molar-refractivity contribution in [2.24, 2.45) is 0 Å². The van der Waals surface area contributed by atoms with Crippen LogP contribution < -0.4 is 0 Å². The van der Waals surface area contributed by atoms with Gasteiger partial charge in [0.15, 0.2) is 5.65 Å². The van der Waals surface area contributed by atoms with Crippen LogP contribution in [0.25, 0.3) is 16.6 Å². The minimum Gasteiger partial charge on any atom is -0.478 e. The van der Waals surface area contributed by atoms with Gasteiger partial charge in [0.25, 0.3) is 0 Å². The summed E-state index contributed by atoms with van der Waals surface area (Å²) in [4.78, 5) is 14.6. The largest absolute Gasteiger partial charge is 0.478 e. The number of hydrogen-bond acceptors (Lipinski definition) is 3. The monoisotopic (exact) mass is 203 g/mol. The summed E-state index contributed by atoms with van der Waals surface area (Å²) in [7, 11) is 0. The van der Waals surface area contributed by atoms with Crippen LogP contribution in [-0.2, 0) is 4.79 Å². The lowest BCUT2D eigenvalue weighted by atomic mass is 10.1. The van der Waals surface area contributed by atoms with E-state index in [4.69, 9.17) is 5.11 Å². The van der Waals surface area contributed by atoms with Crippen LogP contribution in [0.5, 0.6) is 0 Å². The molecule has 0 amide bonds. The molecule has 0 spiro atoms. The molecule has 2 heterocycles. The van der Waals surface area contributed by atoms with Crippen molar-refractivity contribution in [3.05, 3.63) is 30.1 Å². The van der Waals surface area contributed by atoms with Gasteiger partial charge in [-0.3, -0.25) is 5.10 Å². The number of hydrogen-bond donors (Lipinski definition) is 2. The van der Waals surface area contributed by atoms with Gasteiger partial charge in [-0.25, -0.2) is 9.78 Å². The topological polar surface area (TPSA) is 78.9 Å². The van der Waals surface area contributed by atoms with Crippen LogP contribution in [0.15, 0.2) is 24.4 Å². The Hall–Kier alpha value is -2.17. The molecule has 2 N–H and O–H groups in total. The molecule has 0 aliphatic heterocycles. The Kier molecular flexibility index (Phi) is 2.21. The number of pyridine rings is 1. The molecular weight excluding hydrogens is 194 g/mol. The number of aromatic nitrogens is 3. The number of aliphatic carboxylic acids is 1. The number of nitrogens with one attached hydrogen (secondary N) is 1. The number of carboxylic acids is 1. The van der Waals surface area contributed by atoms with Gasteiger partial charge in [-0.05, 0) is 24.6 Å². The van der Waals surface area contributed by atoms with Crippen molar-refractivity contribution in [1.29, 1.82) is 0 Å². The second-order valence-electron chi connectivity index (χ2n) is 3.14. The predicted octanol–water partition coefficient (Wildman–Crippen LogP) is 1.45. The molecule has 0 radical (unpaired) electrons. The highest BCUT2D eigenvalue weighted by atomic mass is 16.4. The number of aromatic amines is 1. The molecule has 2 aromatic rings. The summed E-state index contributed by atoms with van der Waals surface area (Å²) in [5.74, 6) is -0.973. The van der Waals surface area contributed by atoms with E-state index in [1.807, 2.05) is 6.07 Å². The maximum atomic E-state index is 10.5. The van der Waals surface area contributed by atoms with Gasteiger partial charge in [-0.1, -0.05) is 0 Å². The molecule has 0 bridgehead atoms. The third-order valence-corrected chi connectivity index (χ3v) is 2.06. The summed E-state index contributed by atoms with van der Waals surface area (Å²) in [6.07, 6.45) is 2.78. The zero-order valence-corrected chi connectivity index (χ0v) is 8.06. The molecule has 5 nitrogen and oxygen atoms in total. The average molecular weight is 203 g/mol. The lowest BCUT2D eigenvalue weighted by Crippen LogP contribution is -1.90. The average Bonchev–Trinajstić information content (AvgIpc) is 2.59. The van der Waals surface area contributed by atoms with Crippen LogP contribution in [0.1, 0.15) is 12.6 Å². The Morgan fingerprint density at radius 3 is 3.13 bits per heavy atom. The second kappa shape index (κ2) is 3.53. The first-order chi connectivity index (χ1) is 7.18. The predicted molar refractivity (Wildman–Crippen MR) is 55.2 cm³/mol. The van der Waals surface area contributed by atoms with E-state index in [1.54, 1.807) is 19.2 Å². The van der Waals surface area contributed by atoms with Crippen molar-refractivity contribution in [1.82, 2.24) is 15.2 Å². The van der Waals surface area contributed by atoms with Crippen LogP contribution in [0.3, 0.4) is 0 Å². The normalized spacial score (nSPS) is 11.9. The van der Waals surface area contributed by atoms with Gasteiger partial charge in [0.1, 0.15) is 0 Å². The number of carboxylic acid groups (broad SMARTS) is 1. The fourth-order valence-electron chi connectivity index (χ4n) is 1.41. The van der Waals surface area contributed by atoms with Gasteiger partial charge < -0.3 is 5.11 Å². The molecule has 0 aliphatic rings. The van der Waals surface area contributed by atoms with Crippen LogP contribution >= 0.6 is 0 Å². The highest BCUT2D eigenvalue weighted by molar-refractivity contribution is 5.94. The maximum Gasteiger partial charge on any atom is 0.328 e. The smallest absolute Gasteiger partial charge is 0.328 e. The minimum absolute atomic E-state index is 0.589. The molecule has 0 aliphatic carbocycles. The summed E-state index contributed by atoms with van der Waals surface area (Å²) in [6, 6.07) is 3.63. The molecule has 15 heavy (non-hydrogen) atoms. The molecule has 0 atom stereocenters. The van der Waals surface area contributed by atoms with Crippen molar-refractivity contribution in [3.63, 3.8) is 0 Å². The number of fused-ring (bicyclic) bond motifs is 1. The fraction of sp³-hybridized carbons (Fsp3) is 0.100. The van der Waals surface area contributed by atoms with Crippen molar-refractivity contribution >= 4 is 22.6 Å². The maximum absolute atomic E-state index is 10.5. The SMILES string of the molecule is CC(=CC(=O)O)c1[nH]nc2ncccc12. The number of carbonyl (C=O) groups is 1. The summed E-state index contributed by atoms with van der Waals surface area (Å²) < 4.78 is 0. The molecule has 76 valence electrons. The van der Waals surface area contributed by atoms with Crippen molar-refractivity contribution < 1.29 is 9.90 Å². The van der Waals surface area contributed by atoms with E-state index in [1.165, 1.54) is 0 Å². The Bertz CT molecular complexity index is 542. The van der Waals surface area contributed by atoms with E-state index in [9.17, 15) is 4.79 Å². The Morgan fingerprint density at radius 1 is 1.60 bits per heavy atom. The minimum atomic E-state index is -0.973. The van der Waals surface area contributed by atoms with E-state index in [0.29, 0.717) is 16.9 Å². The molecule has 5 heteroatoms. The van der Waals surface area contributed by atoms with Gasteiger partial charge in [0.05, 0.1) is 5.69 Å². The van der Waals surface area contributed by atoms with Gasteiger partial charge in [-0.2, -0.15) is 5.10 Å². The van der Waals surface area contributed by atoms with Gasteiger partial charge in [-0.15, -0.1) is 0 Å². The quantitative estimate of drug-likeness (QED) is 0.724. The first-order valence-corrected chi connectivity index (χ1v) is 4.39. The van der Waals surface area contributed by atoms with E-state index < -0.39 is 5.97 Å². The number of rotatable bonds is 2. The molecule has 0 aromatic carbocycles. The van der Waals surface area contributed by atoms with Crippen LogP contribution in [0, 0.1) is 0 Å². The van der Waals surface area contributed by atoms with E-state index in [0.717, 1.165) is 11.5 Å². The lowest BCUT2D eigenvalue weighted by Gasteiger charge is -1.95. The van der Waals surface area contributed by atoms with Crippen LogP contribution in [0.2, 0.25) is 0 Å². The lowest BCUT2D eigenvalue weighted by molar-refractivity contribution is -0.131. The van der Waals surface area contributed by atoms with Crippen molar-refractivity contribution in [2.45, 2.75) is 6.92 Å². The van der Waals surface area contributed by atoms with Crippen molar-refractivity contribution in [3.8, 4) is 0 Å². The molecule has 2 aromatic heterocycles. The van der Waals surface area contributed by atoms with E-state index in [-0.39, 0.29) is 0 Å². The molecule has 0 fully saturated rings. The molecule has 2 rings (SSSR count). The first kappa shape index (κ1) is 9.39. The molecule has 0 unspecified atom stereocenters. The molecule has 0 saturated carbocycles. The van der Waals surface area contributed by atoms with E-state index in [2.05, 4.69) is 15.2 Å². The third-order valence-electron chi connectivity index (χ3n) is 2.06. The first-order valence-electron chi connectivity index (χ1n) is 4.39. The highest BCUT2D eigenvalue weighted by Gasteiger charge is 2.07. The van der Waals surface area contributed by atoms with Crippen LogP contribution in [0.4, 0.5) is 0 Å². The summed E-state index contributed by atoms with van der Waals surface area (Å²) in [5.41, 5.74) is 1.91. The Balaban J connectivity index is 2.57.